The second kappa shape index (κ2) is 11.3. The van der Waals surface area contributed by atoms with Gasteiger partial charge in [-0.1, -0.05) is 70.7 Å². The molecule has 2 aromatic rings. The van der Waals surface area contributed by atoms with Gasteiger partial charge in [-0.15, -0.1) is 0 Å². The molecule has 0 heterocycles. The van der Waals surface area contributed by atoms with Gasteiger partial charge in [0, 0.05) is 34.7 Å². The van der Waals surface area contributed by atoms with Gasteiger partial charge >= 0.3 is 11.9 Å². The van der Waals surface area contributed by atoms with Gasteiger partial charge < -0.3 is 9.47 Å². The minimum absolute atomic E-state index is 0.177. The lowest BCUT2D eigenvalue weighted by Gasteiger charge is -2.27. The van der Waals surface area contributed by atoms with Gasteiger partial charge in [0.1, 0.15) is 11.5 Å². The molecule has 4 nitrogen and oxygen atoms in total. The summed E-state index contributed by atoms with van der Waals surface area (Å²) in [6, 6.07) is 7.83. The third-order valence-electron chi connectivity index (χ3n) is 6.17. The molecule has 0 N–H and O–H groups in total. The molecule has 3 rings (SSSR count). The average molecular weight is 425 g/mol. The molecule has 1 aliphatic rings. The number of fused-ring (bicyclic) bond motifs is 2. The number of ether oxygens (including phenoxy) is 2. The number of rotatable bonds is 10. The van der Waals surface area contributed by atoms with Crippen LogP contribution < -0.4 is 9.47 Å². The van der Waals surface area contributed by atoms with Crippen LogP contribution >= 0.6 is 0 Å². The number of benzene rings is 2. The molecule has 2 aromatic carbocycles. The van der Waals surface area contributed by atoms with E-state index in [1.54, 1.807) is 0 Å². The van der Waals surface area contributed by atoms with E-state index in [1.807, 2.05) is 24.3 Å². The van der Waals surface area contributed by atoms with Crippen LogP contribution in [0.5, 0.6) is 11.5 Å². The molecule has 0 aromatic heterocycles. The van der Waals surface area contributed by atoms with Gasteiger partial charge in [-0.2, -0.15) is 0 Å². The highest BCUT2D eigenvalue weighted by atomic mass is 16.5. The van der Waals surface area contributed by atoms with Crippen LogP contribution in [0.15, 0.2) is 24.3 Å². The second-order valence-corrected chi connectivity index (χ2v) is 8.87. The van der Waals surface area contributed by atoms with Crippen molar-refractivity contribution >= 4 is 22.7 Å². The maximum absolute atomic E-state index is 12.6. The highest BCUT2D eigenvalue weighted by Crippen LogP contribution is 2.45. The minimum atomic E-state index is -0.177. The maximum Gasteiger partial charge on any atom is 0.311 e. The Balaban J connectivity index is 2.00. The SMILES string of the molecule is CCCCCC(=O)Oc1c2c(c(OC(=O)CCCCC)c3ccccc13)CC(C)CC2. The Labute approximate surface area is 186 Å². The van der Waals surface area contributed by atoms with Gasteiger partial charge in [0.2, 0.25) is 0 Å². The number of unbranched alkanes of at least 4 members (excludes halogenated alkanes) is 4. The normalized spacial score (nSPS) is 15.5. The molecule has 0 bridgehead atoms. The van der Waals surface area contributed by atoms with Crippen molar-refractivity contribution in [2.75, 3.05) is 0 Å². The van der Waals surface area contributed by atoms with Crippen molar-refractivity contribution in [2.24, 2.45) is 5.92 Å². The summed E-state index contributed by atoms with van der Waals surface area (Å²) in [7, 11) is 0. The Morgan fingerprint density at radius 3 is 1.87 bits per heavy atom. The molecular formula is C27H36O4. The first-order valence-electron chi connectivity index (χ1n) is 12.0. The smallest absolute Gasteiger partial charge is 0.311 e. The Morgan fingerprint density at radius 2 is 1.35 bits per heavy atom. The summed E-state index contributed by atoms with van der Waals surface area (Å²) >= 11 is 0. The fourth-order valence-electron chi connectivity index (χ4n) is 4.40. The van der Waals surface area contributed by atoms with E-state index in [4.69, 9.17) is 9.47 Å². The zero-order valence-electron chi connectivity index (χ0n) is 19.3. The highest BCUT2D eigenvalue weighted by Gasteiger charge is 2.28. The molecule has 0 aliphatic heterocycles. The average Bonchev–Trinajstić information content (AvgIpc) is 2.76. The zero-order chi connectivity index (χ0) is 22.2. The van der Waals surface area contributed by atoms with Crippen molar-refractivity contribution in [1.82, 2.24) is 0 Å². The molecule has 0 saturated heterocycles. The molecule has 4 heteroatoms. The van der Waals surface area contributed by atoms with Gasteiger partial charge in [0.25, 0.3) is 0 Å². The maximum atomic E-state index is 12.6. The number of esters is 2. The Bertz CT molecular complexity index is 915. The van der Waals surface area contributed by atoms with Crippen LogP contribution in [0.3, 0.4) is 0 Å². The molecule has 31 heavy (non-hydrogen) atoms. The lowest BCUT2D eigenvalue weighted by atomic mass is 9.82. The summed E-state index contributed by atoms with van der Waals surface area (Å²) in [5.41, 5.74) is 2.08. The number of carbonyl (C=O) groups excluding carboxylic acids is 2. The van der Waals surface area contributed by atoms with E-state index >= 15 is 0 Å². The highest BCUT2D eigenvalue weighted by molar-refractivity contribution is 5.99. The van der Waals surface area contributed by atoms with Crippen molar-refractivity contribution < 1.29 is 19.1 Å². The van der Waals surface area contributed by atoms with Gasteiger partial charge in [-0.3, -0.25) is 9.59 Å². The zero-order valence-corrected chi connectivity index (χ0v) is 19.3. The Kier molecular flexibility index (Phi) is 8.51. The molecule has 1 unspecified atom stereocenters. The van der Waals surface area contributed by atoms with E-state index in [1.165, 1.54) is 0 Å². The van der Waals surface area contributed by atoms with E-state index < -0.39 is 0 Å². The molecule has 0 fully saturated rings. The summed E-state index contributed by atoms with van der Waals surface area (Å²) in [6.45, 7) is 6.47. The minimum Gasteiger partial charge on any atom is -0.426 e. The van der Waals surface area contributed by atoms with Crippen molar-refractivity contribution in [3.8, 4) is 11.5 Å². The fourth-order valence-corrected chi connectivity index (χ4v) is 4.40. The summed E-state index contributed by atoms with van der Waals surface area (Å²) in [6.07, 6.45) is 9.45. The van der Waals surface area contributed by atoms with Crippen LogP contribution in [-0.4, -0.2) is 11.9 Å². The lowest BCUT2D eigenvalue weighted by molar-refractivity contribution is -0.135. The predicted octanol–water partition coefficient (Wildman–Crippen LogP) is 6.94. The third-order valence-corrected chi connectivity index (χ3v) is 6.17. The van der Waals surface area contributed by atoms with Crippen molar-refractivity contribution in [3.63, 3.8) is 0 Å². The lowest BCUT2D eigenvalue weighted by Crippen LogP contribution is -2.19. The summed E-state index contributed by atoms with van der Waals surface area (Å²) in [4.78, 5) is 25.2. The van der Waals surface area contributed by atoms with E-state index in [-0.39, 0.29) is 11.9 Å². The first-order chi connectivity index (χ1) is 15.0. The molecule has 1 aliphatic carbocycles. The predicted molar refractivity (Wildman–Crippen MR) is 125 cm³/mol. The number of hydrogen-bond acceptors (Lipinski definition) is 4. The largest absolute Gasteiger partial charge is 0.426 e. The van der Waals surface area contributed by atoms with Crippen molar-refractivity contribution in [3.05, 3.63) is 35.4 Å². The first-order valence-corrected chi connectivity index (χ1v) is 12.0. The number of hydrogen-bond donors (Lipinski definition) is 0. The summed E-state index contributed by atoms with van der Waals surface area (Å²) in [5.74, 6) is 1.49. The van der Waals surface area contributed by atoms with Crippen molar-refractivity contribution in [1.29, 1.82) is 0 Å². The van der Waals surface area contributed by atoms with Crippen LogP contribution in [0.1, 0.15) is 89.7 Å². The Hall–Kier alpha value is -2.36. The van der Waals surface area contributed by atoms with Crippen molar-refractivity contribution in [2.45, 2.75) is 91.4 Å². The van der Waals surface area contributed by atoms with Crippen LogP contribution in [0.2, 0.25) is 0 Å². The standard InChI is InChI=1S/C27H36O4/c1-4-6-8-14-24(28)30-26-20-12-10-11-13-21(20)27(31-25(29)15-9-7-5-2)23-18-19(3)16-17-22(23)26/h10-13,19H,4-9,14-18H2,1-3H3. The topological polar surface area (TPSA) is 52.6 Å². The Morgan fingerprint density at radius 1 is 0.839 bits per heavy atom. The monoisotopic (exact) mass is 424 g/mol. The van der Waals surface area contributed by atoms with E-state index in [9.17, 15) is 9.59 Å². The quantitative estimate of drug-likeness (QED) is 0.236. The van der Waals surface area contributed by atoms with Gasteiger partial charge in [-0.25, -0.2) is 0 Å². The first kappa shape index (κ1) is 23.3. The number of carbonyl (C=O) groups is 2. The third kappa shape index (κ3) is 5.87. The summed E-state index contributed by atoms with van der Waals surface area (Å²) < 4.78 is 11.9. The molecule has 0 spiro atoms. The molecule has 168 valence electrons. The van der Waals surface area contributed by atoms with Crippen LogP contribution in [0.4, 0.5) is 0 Å². The second-order valence-electron chi connectivity index (χ2n) is 8.87. The molecule has 0 saturated carbocycles. The van der Waals surface area contributed by atoms with Gasteiger partial charge in [0.15, 0.2) is 0 Å². The summed E-state index contributed by atoms with van der Waals surface area (Å²) in [5, 5.41) is 1.71. The van der Waals surface area contributed by atoms with Crippen LogP contribution in [0.25, 0.3) is 10.8 Å². The van der Waals surface area contributed by atoms with Crippen LogP contribution in [-0.2, 0) is 22.4 Å². The van der Waals surface area contributed by atoms with E-state index in [2.05, 4.69) is 20.8 Å². The fraction of sp³-hybridized carbons (Fsp3) is 0.556. The van der Waals surface area contributed by atoms with Gasteiger partial charge in [-0.05, 0) is 38.0 Å². The molecular weight excluding hydrogens is 388 g/mol. The molecule has 1 atom stereocenters. The molecule has 0 amide bonds. The van der Waals surface area contributed by atoms with E-state index in [0.29, 0.717) is 30.3 Å². The molecule has 0 radical (unpaired) electrons. The van der Waals surface area contributed by atoms with Gasteiger partial charge in [0.05, 0.1) is 0 Å². The van der Waals surface area contributed by atoms with E-state index in [0.717, 1.165) is 79.7 Å². The van der Waals surface area contributed by atoms with Crippen LogP contribution in [0, 0.1) is 5.92 Å².